The van der Waals surface area contributed by atoms with E-state index in [4.69, 9.17) is 9.26 Å². The molecule has 6 heteroatoms. The summed E-state index contributed by atoms with van der Waals surface area (Å²) in [6.07, 6.45) is 1.66. The van der Waals surface area contributed by atoms with Crippen LogP contribution < -0.4 is 10.1 Å². The number of nitrogens with one attached hydrogen (secondary N) is 1. The molecule has 134 valence electrons. The highest BCUT2D eigenvalue weighted by Gasteiger charge is 2.14. The van der Waals surface area contributed by atoms with Crippen LogP contribution >= 0.6 is 0 Å². The van der Waals surface area contributed by atoms with Gasteiger partial charge in [0.25, 0.3) is 5.91 Å². The number of hydrogen-bond acceptors (Lipinski definition) is 5. The fraction of sp³-hybridized carbons (Fsp3) is 0.250. The minimum absolute atomic E-state index is 0.107. The van der Waals surface area contributed by atoms with Crippen molar-refractivity contribution in [3.05, 3.63) is 60.0 Å². The summed E-state index contributed by atoms with van der Waals surface area (Å²) in [5.74, 6) is 1.36. The van der Waals surface area contributed by atoms with Gasteiger partial charge in [0.05, 0.1) is 5.56 Å². The van der Waals surface area contributed by atoms with Crippen LogP contribution in [0.3, 0.4) is 0 Å². The predicted octanol–water partition coefficient (Wildman–Crippen LogP) is 4.02. The summed E-state index contributed by atoms with van der Waals surface area (Å²) in [7, 11) is 0. The van der Waals surface area contributed by atoms with Gasteiger partial charge in [-0.25, -0.2) is 0 Å². The van der Waals surface area contributed by atoms with Gasteiger partial charge in [0, 0.05) is 12.1 Å². The van der Waals surface area contributed by atoms with E-state index in [2.05, 4.69) is 15.5 Å². The highest BCUT2D eigenvalue weighted by atomic mass is 16.5. The molecule has 1 heterocycles. The van der Waals surface area contributed by atoms with Gasteiger partial charge >= 0.3 is 0 Å². The Morgan fingerprint density at radius 2 is 1.92 bits per heavy atom. The number of amides is 1. The summed E-state index contributed by atoms with van der Waals surface area (Å²) >= 11 is 0. The van der Waals surface area contributed by atoms with E-state index < -0.39 is 0 Å². The van der Waals surface area contributed by atoms with Crippen molar-refractivity contribution < 1.29 is 14.1 Å². The van der Waals surface area contributed by atoms with E-state index in [0.717, 1.165) is 24.1 Å². The van der Waals surface area contributed by atoms with Crippen molar-refractivity contribution in [1.29, 1.82) is 0 Å². The van der Waals surface area contributed by atoms with Crippen molar-refractivity contribution in [2.45, 2.75) is 26.7 Å². The van der Waals surface area contributed by atoms with Crippen LogP contribution in [0.25, 0.3) is 11.4 Å². The van der Waals surface area contributed by atoms with Crippen LogP contribution in [0.5, 0.6) is 5.75 Å². The lowest BCUT2D eigenvalue weighted by Gasteiger charge is -2.10. The fourth-order valence-corrected chi connectivity index (χ4v) is 2.43. The second kappa shape index (κ2) is 8.29. The Morgan fingerprint density at radius 1 is 1.15 bits per heavy atom. The molecule has 3 aromatic rings. The molecule has 0 radical (unpaired) electrons. The van der Waals surface area contributed by atoms with Gasteiger partial charge in [0.1, 0.15) is 5.75 Å². The van der Waals surface area contributed by atoms with Crippen LogP contribution in [0.2, 0.25) is 0 Å². The Labute approximate surface area is 152 Å². The first-order valence-electron chi connectivity index (χ1n) is 8.57. The Hall–Kier alpha value is -3.15. The minimum Gasteiger partial charge on any atom is -0.483 e. The van der Waals surface area contributed by atoms with Crippen molar-refractivity contribution in [2.75, 3.05) is 11.9 Å². The van der Waals surface area contributed by atoms with E-state index in [0.29, 0.717) is 23.0 Å². The number of benzene rings is 2. The number of anilines is 1. The molecule has 1 N–H and O–H groups in total. The first-order chi connectivity index (χ1) is 12.7. The Kier molecular flexibility index (Phi) is 5.63. The molecular formula is C20H21N3O3. The molecule has 26 heavy (non-hydrogen) atoms. The van der Waals surface area contributed by atoms with Crippen molar-refractivity contribution in [1.82, 2.24) is 10.1 Å². The zero-order chi connectivity index (χ0) is 18.4. The topological polar surface area (TPSA) is 77.2 Å². The van der Waals surface area contributed by atoms with Gasteiger partial charge in [0.2, 0.25) is 11.7 Å². The molecule has 0 spiro atoms. The molecule has 0 bridgehead atoms. The highest BCUT2D eigenvalue weighted by Crippen LogP contribution is 2.27. The molecule has 1 aromatic heterocycles. The standard InChI is InChI=1S/C20H21N3O3/c1-3-6-19-22-20(23-26-19)16-7-4-5-8-17(16)25-13-18(24)21-15-11-9-14(2)10-12-15/h4-5,7-12H,3,6,13H2,1-2H3,(H,21,24). The molecule has 6 nitrogen and oxygen atoms in total. The number of rotatable bonds is 7. The van der Waals surface area contributed by atoms with Crippen LogP contribution in [-0.2, 0) is 11.2 Å². The third-order valence-electron chi connectivity index (χ3n) is 3.75. The lowest BCUT2D eigenvalue weighted by molar-refractivity contribution is -0.118. The summed E-state index contributed by atoms with van der Waals surface area (Å²) in [5.41, 5.74) is 2.57. The first-order valence-corrected chi connectivity index (χ1v) is 8.57. The Balaban J connectivity index is 1.66. The summed E-state index contributed by atoms with van der Waals surface area (Å²) in [5, 5.41) is 6.81. The van der Waals surface area contributed by atoms with Gasteiger partial charge < -0.3 is 14.6 Å². The zero-order valence-electron chi connectivity index (χ0n) is 14.9. The number of carbonyl (C=O) groups excluding carboxylic acids is 1. The quantitative estimate of drug-likeness (QED) is 0.696. The average Bonchev–Trinajstić information content (AvgIpc) is 3.11. The average molecular weight is 351 g/mol. The highest BCUT2D eigenvalue weighted by molar-refractivity contribution is 5.92. The Morgan fingerprint density at radius 3 is 2.69 bits per heavy atom. The summed E-state index contributed by atoms with van der Waals surface area (Å²) in [4.78, 5) is 16.5. The molecule has 0 atom stereocenters. The van der Waals surface area contributed by atoms with E-state index in [1.165, 1.54) is 0 Å². The maximum atomic E-state index is 12.1. The third-order valence-corrected chi connectivity index (χ3v) is 3.75. The lowest BCUT2D eigenvalue weighted by atomic mass is 10.2. The molecule has 3 rings (SSSR count). The zero-order valence-corrected chi connectivity index (χ0v) is 14.9. The van der Waals surface area contributed by atoms with E-state index >= 15 is 0 Å². The lowest BCUT2D eigenvalue weighted by Crippen LogP contribution is -2.20. The number of carbonyl (C=O) groups is 1. The van der Waals surface area contributed by atoms with Crippen molar-refractivity contribution in [2.24, 2.45) is 0 Å². The van der Waals surface area contributed by atoms with Crippen LogP contribution in [0.4, 0.5) is 5.69 Å². The van der Waals surface area contributed by atoms with Gasteiger partial charge in [-0.3, -0.25) is 4.79 Å². The van der Waals surface area contributed by atoms with Crippen LogP contribution in [0.1, 0.15) is 24.8 Å². The Bertz CT molecular complexity index is 872. The van der Waals surface area contributed by atoms with Crippen molar-refractivity contribution in [3.8, 4) is 17.1 Å². The molecule has 0 aliphatic heterocycles. The molecule has 0 aliphatic carbocycles. The summed E-state index contributed by atoms with van der Waals surface area (Å²) < 4.78 is 10.9. The number of ether oxygens (including phenoxy) is 1. The van der Waals surface area contributed by atoms with Crippen molar-refractivity contribution >= 4 is 11.6 Å². The smallest absolute Gasteiger partial charge is 0.262 e. The van der Waals surface area contributed by atoms with Gasteiger partial charge in [-0.05, 0) is 37.6 Å². The summed E-state index contributed by atoms with van der Waals surface area (Å²) in [6.45, 7) is 3.94. The maximum Gasteiger partial charge on any atom is 0.262 e. The largest absolute Gasteiger partial charge is 0.483 e. The van der Waals surface area contributed by atoms with Crippen LogP contribution in [0, 0.1) is 6.92 Å². The van der Waals surface area contributed by atoms with Crippen molar-refractivity contribution in [3.63, 3.8) is 0 Å². The minimum atomic E-state index is -0.233. The van der Waals surface area contributed by atoms with Gasteiger partial charge in [-0.15, -0.1) is 0 Å². The maximum absolute atomic E-state index is 12.1. The number of nitrogens with zero attached hydrogens (tertiary/aromatic N) is 2. The molecule has 0 aliphatic rings. The second-order valence-corrected chi connectivity index (χ2v) is 5.96. The van der Waals surface area contributed by atoms with Gasteiger partial charge in [-0.2, -0.15) is 4.98 Å². The van der Waals surface area contributed by atoms with Gasteiger partial charge in [0.15, 0.2) is 6.61 Å². The number of aromatic nitrogens is 2. The number of hydrogen-bond donors (Lipinski definition) is 1. The van der Waals surface area contributed by atoms with E-state index in [-0.39, 0.29) is 12.5 Å². The molecule has 0 fully saturated rings. The molecular weight excluding hydrogens is 330 g/mol. The number of para-hydroxylation sites is 1. The van der Waals surface area contributed by atoms with E-state index in [1.54, 1.807) is 6.07 Å². The van der Waals surface area contributed by atoms with Crippen LogP contribution in [-0.4, -0.2) is 22.7 Å². The number of aryl methyl sites for hydroxylation is 2. The predicted molar refractivity (Wildman–Crippen MR) is 99.0 cm³/mol. The fourth-order valence-electron chi connectivity index (χ4n) is 2.43. The monoisotopic (exact) mass is 351 g/mol. The third kappa shape index (κ3) is 4.47. The molecule has 1 amide bonds. The van der Waals surface area contributed by atoms with E-state index in [1.807, 2.05) is 56.3 Å². The SMILES string of the molecule is CCCc1nc(-c2ccccc2OCC(=O)Nc2ccc(C)cc2)no1. The van der Waals surface area contributed by atoms with Gasteiger partial charge in [-0.1, -0.05) is 41.9 Å². The summed E-state index contributed by atoms with van der Waals surface area (Å²) in [6, 6.07) is 14.9. The first kappa shape index (κ1) is 17.7. The van der Waals surface area contributed by atoms with Crippen LogP contribution in [0.15, 0.2) is 53.1 Å². The normalized spacial score (nSPS) is 10.5. The van der Waals surface area contributed by atoms with E-state index in [9.17, 15) is 4.79 Å². The second-order valence-electron chi connectivity index (χ2n) is 5.96. The molecule has 0 saturated carbocycles. The molecule has 2 aromatic carbocycles. The molecule has 0 saturated heterocycles. The molecule has 0 unspecified atom stereocenters.